The van der Waals surface area contributed by atoms with Gasteiger partial charge in [-0.15, -0.1) is 0 Å². The summed E-state index contributed by atoms with van der Waals surface area (Å²) < 4.78 is 67.0. The Bertz CT molecular complexity index is 1250. The first-order valence-electron chi connectivity index (χ1n) is 8.56. The molecule has 6 nitrogen and oxygen atoms in total. The molecule has 3 aromatic carbocycles. The Morgan fingerprint density at radius 1 is 0.968 bits per heavy atom. The van der Waals surface area contributed by atoms with Crippen molar-refractivity contribution in [2.75, 3.05) is 10.0 Å². The molecule has 31 heavy (non-hydrogen) atoms. The highest BCUT2D eigenvalue weighted by Gasteiger charge is 2.35. The summed E-state index contributed by atoms with van der Waals surface area (Å²) in [6.45, 7) is 0. The minimum absolute atomic E-state index is 0.172. The highest BCUT2D eigenvalue weighted by atomic mass is 35.5. The van der Waals surface area contributed by atoms with Crippen LogP contribution in [0.25, 0.3) is 0 Å². The molecule has 0 aliphatic carbocycles. The first-order valence-corrected chi connectivity index (χ1v) is 10.4. The zero-order valence-electron chi connectivity index (χ0n) is 15.4. The van der Waals surface area contributed by atoms with E-state index in [9.17, 15) is 31.5 Å². The summed E-state index contributed by atoms with van der Waals surface area (Å²) >= 11 is 5.83. The highest BCUT2D eigenvalue weighted by molar-refractivity contribution is 7.92. The summed E-state index contributed by atoms with van der Waals surface area (Å²) in [4.78, 5) is 12.1. The second-order valence-corrected chi connectivity index (χ2v) is 8.41. The number of halogens is 4. The van der Waals surface area contributed by atoms with Crippen LogP contribution in [-0.2, 0) is 16.2 Å². The molecule has 0 spiro atoms. The number of aromatic hydroxyl groups is 1. The third-order valence-electron chi connectivity index (χ3n) is 4.08. The van der Waals surface area contributed by atoms with Gasteiger partial charge in [0, 0.05) is 5.02 Å². The molecule has 3 rings (SSSR count). The number of hydrogen-bond donors (Lipinski definition) is 3. The Balaban J connectivity index is 1.91. The Labute approximate surface area is 180 Å². The fraction of sp³-hybridized carbons (Fsp3) is 0.0500. The van der Waals surface area contributed by atoms with Gasteiger partial charge in [-0.3, -0.25) is 9.52 Å². The molecular formula is C20H14ClF3N2O4S. The van der Waals surface area contributed by atoms with Gasteiger partial charge in [-0.05, 0) is 48.5 Å². The number of anilines is 2. The monoisotopic (exact) mass is 470 g/mol. The molecule has 0 aromatic heterocycles. The molecule has 0 unspecified atom stereocenters. The van der Waals surface area contributed by atoms with Gasteiger partial charge in [0.25, 0.3) is 15.9 Å². The molecule has 0 atom stereocenters. The third kappa shape index (κ3) is 5.28. The van der Waals surface area contributed by atoms with E-state index in [0.29, 0.717) is 5.02 Å². The van der Waals surface area contributed by atoms with Crippen molar-refractivity contribution >= 4 is 38.9 Å². The summed E-state index contributed by atoms with van der Waals surface area (Å²) in [5, 5.41) is 12.4. The molecule has 0 radical (unpaired) electrons. The van der Waals surface area contributed by atoms with Gasteiger partial charge in [-0.1, -0.05) is 29.8 Å². The van der Waals surface area contributed by atoms with Gasteiger partial charge < -0.3 is 10.4 Å². The van der Waals surface area contributed by atoms with E-state index in [-0.39, 0.29) is 16.3 Å². The van der Waals surface area contributed by atoms with E-state index in [1.807, 2.05) is 0 Å². The Morgan fingerprint density at radius 3 is 2.35 bits per heavy atom. The van der Waals surface area contributed by atoms with Crippen LogP contribution in [0.5, 0.6) is 5.75 Å². The molecule has 11 heteroatoms. The average molecular weight is 471 g/mol. The molecular weight excluding hydrogens is 457 g/mol. The first kappa shape index (κ1) is 22.4. The lowest BCUT2D eigenvalue weighted by Gasteiger charge is -2.14. The van der Waals surface area contributed by atoms with Crippen molar-refractivity contribution in [2.24, 2.45) is 0 Å². The van der Waals surface area contributed by atoms with Crippen LogP contribution >= 0.6 is 11.6 Å². The van der Waals surface area contributed by atoms with Gasteiger partial charge in [0.2, 0.25) is 0 Å². The van der Waals surface area contributed by atoms with E-state index in [1.165, 1.54) is 24.3 Å². The van der Waals surface area contributed by atoms with E-state index in [4.69, 9.17) is 11.6 Å². The fourth-order valence-corrected chi connectivity index (χ4v) is 3.93. The van der Waals surface area contributed by atoms with Crippen LogP contribution in [0.1, 0.15) is 15.9 Å². The van der Waals surface area contributed by atoms with E-state index in [1.54, 1.807) is 6.07 Å². The molecule has 0 aliphatic rings. The SMILES string of the molecule is O=C(Nc1cc(S(=O)(=O)Nc2cccc(Cl)c2)ccc1O)c1ccccc1C(F)(F)F. The second kappa shape index (κ2) is 8.48. The summed E-state index contributed by atoms with van der Waals surface area (Å²) in [5.74, 6) is -1.69. The molecule has 0 fully saturated rings. The normalized spacial score (nSPS) is 11.7. The minimum Gasteiger partial charge on any atom is -0.506 e. The van der Waals surface area contributed by atoms with Crippen molar-refractivity contribution in [3.63, 3.8) is 0 Å². The number of carbonyl (C=O) groups excluding carboxylic acids is 1. The topological polar surface area (TPSA) is 95.5 Å². The number of phenols is 1. The number of carbonyl (C=O) groups is 1. The lowest BCUT2D eigenvalue weighted by Crippen LogP contribution is -2.19. The molecule has 0 saturated carbocycles. The van der Waals surface area contributed by atoms with Crippen LogP contribution in [0.4, 0.5) is 24.5 Å². The predicted octanol–water partition coefficient (Wildman–Crippen LogP) is 5.12. The predicted molar refractivity (Wildman–Crippen MR) is 110 cm³/mol. The van der Waals surface area contributed by atoms with E-state index in [2.05, 4.69) is 10.0 Å². The van der Waals surface area contributed by atoms with Crippen LogP contribution in [0.3, 0.4) is 0 Å². The van der Waals surface area contributed by atoms with Crippen molar-refractivity contribution in [2.45, 2.75) is 11.1 Å². The van der Waals surface area contributed by atoms with Crippen molar-refractivity contribution in [1.82, 2.24) is 0 Å². The standard InChI is InChI=1S/C20H14ClF3N2O4S/c21-12-4-3-5-13(10-12)26-31(29,30)14-8-9-18(27)17(11-14)25-19(28)15-6-1-2-7-16(15)20(22,23)24/h1-11,26-27H,(H,25,28). The molecule has 0 aliphatic heterocycles. The summed E-state index contributed by atoms with van der Waals surface area (Å²) in [6, 6.07) is 13.0. The van der Waals surface area contributed by atoms with Gasteiger partial charge in [0.05, 0.1) is 27.4 Å². The smallest absolute Gasteiger partial charge is 0.417 e. The van der Waals surface area contributed by atoms with Gasteiger partial charge in [0.15, 0.2) is 0 Å². The zero-order chi connectivity index (χ0) is 22.8. The largest absolute Gasteiger partial charge is 0.506 e. The van der Waals surface area contributed by atoms with Gasteiger partial charge in [-0.25, -0.2) is 8.42 Å². The first-order chi connectivity index (χ1) is 14.5. The average Bonchev–Trinajstić information content (AvgIpc) is 2.68. The highest BCUT2D eigenvalue weighted by Crippen LogP contribution is 2.33. The number of nitrogens with one attached hydrogen (secondary N) is 2. The summed E-state index contributed by atoms with van der Waals surface area (Å²) in [5.41, 5.74) is -2.06. The number of rotatable bonds is 5. The molecule has 3 N–H and O–H groups in total. The lowest BCUT2D eigenvalue weighted by molar-refractivity contribution is -0.137. The van der Waals surface area contributed by atoms with Crippen LogP contribution in [0.15, 0.2) is 71.6 Å². The molecule has 1 amide bonds. The summed E-state index contributed by atoms with van der Waals surface area (Å²) in [7, 11) is -4.15. The maximum Gasteiger partial charge on any atom is 0.417 e. The van der Waals surface area contributed by atoms with E-state index in [0.717, 1.165) is 36.4 Å². The maximum absolute atomic E-state index is 13.2. The number of phenolic OH excluding ortho intramolecular Hbond substituents is 1. The Hall–Kier alpha value is -3.24. The number of alkyl halides is 3. The van der Waals surface area contributed by atoms with Gasteiger partial charge >= 0.3 is 6.18 Å². The van der Waals surface area contributed by atoms with Crippen LogP contribution in [0.2, 0.25) is 5.02 Å². The third-order valence-corrected chi connectivity index (χ3v) is 5.69. The molecule has 3 aromatic rings. The number of benzene rings is 3. The quantitative estimate of drug-likeness (QED) is 0.451. The lowest BCUT2D eigenvalue weighted by atomic mass is 10.1. The minimum atomic E-state index is -4.78. The van der Waals surface area contributed by atoms with E-state index < -0.39 is 39.0 Å². The molecule has 162 valence electrons. The Morgan fingerprint density at radius 2 is 1.68 bits per heavy atom. The zero-order valence-corrected chi connectivity index (χ0v) is 17.0. The Kier molecular flexibility index (Phi) is 6.14. The molecule has 0 bridgehead atoms. The van der Waals surface area contributed by atoms with Crippen molar-refractivity contribution < 1.29 is 31.5 Å². The second-order valence-electron chi connectivity index (χ2n) is 6.29. The van der Waals surface area contributed by atoms with Crippen LogP contribution in [-0.4, -0.2) is 19.4 Å². The number of sulfonamides is 1. The molecule has 0 saturated heterocycles. The molecule has 0 heterocycles. The fourth-order valence-electron chi connectivity index (χ4n) is 2.67. The van der Waals surface area contributed by atoms with E-state index >= 15 is 0 Å². The summed E-state index contributed by atoms with van der Waals surface area (Å²) in [6.07, 6.45) is -4.78. The van der Waals surface area contributed by atoms with Gasteiger partial charge in [-0.2, -0.15) is 13.2 Å². The maximum atomic E-state index is 13.2. The van der Waals surface area contributed by atoms with Gasteiger partial charge in [0.1, 0.15) is 5.75 Å². The number of amides is 1. The van der Waals surface area contributed by atoms with Crippen LogP contribution in [0, 0.1) is 0 Å². The van der Waals surface area contributed by atoms with Crippen molar-refractivity contribution in [3.05, 3.63) is 82.9 Å². The number of hydrogen-bond acceptors (Lipinski definition) is 4. The van der Waals surface area contributed by atoms with Crippen molar-refractivity contribution in [1.29, 1.82) is 0 Å². The van der Waals surface area contributed by atoms with Crippen molar-refractivity contribution in [3.8, 4) is 5.75 Å². The van der Waals surface area contributed by atoms with Crippen LogP contribution < -0.4 is 10.0 Å².